The standard InChI is InChI=1S/C12H8S3.3CH4.H2S/c1-2-11(14-6-1)12-4-3-10(15-12)9-5-7-13-8-9;;;;/h1-8H;3*1H4;1H2. The Labute approximate surface area is 136 Å². The maximum Gasteiger partial charge on any atom is 0.0449 e. The van der Waals surface area contributed by atoms with Gasteiger partial charge in [-0.2, -0.15) is 24.8 Å². The smallest absolute Gasteiger partial charge is 0.0449 e. The van der Waals surface area contributed by atoms with Crippen LogP contribution in [0.1, 0.15) is 22.3 Å². The van der Waals surface area contributed by atoms with Crippen LogP contribution in [0.15, 0.2) is 46.5 Å². The fourth-order valence-electron chi connectivity index (χ4n) is 1.45. The second kappa shape index (κ2) is 9.37. The van der Waals surface area contributed by atoms with Crippen molar-refractivity contribution in [3.8, 4) is 20.2 Å². The third-order valence-corrected chi connectivity index (χ3v) is 5.06. The van der Waals surface area contributed by atoms with E-state index in [2.05, 4.69) is 46.5 Å². The summed E-state index contributed by atoms with van der Waals surface area (Å²) in [5.74, 6) is 0. The Hall–Kier alpha value is -0.550. The van der Waals surface area contributed by atoms with Crippen LogP contribution in [-0.2, 0) is 0 Å². The van der Waals surface area contributed by atoms with Crippen LogP contribution >= 0.6 is 47.5 Å². The van der Waals surface area contributed by atoms with E-state index < -0.39 is 0 Å². The van der Waals surface area contributed by atoms with Gasteiger partial charge in [0.1, 0.15) is 0 Å². The number of hydrogen-bond donors (Lipinski definition) is 0. The van der Waals surface area contributed by atoms with Gasteiger partial charge in [0, 0.05) is 20.2 Å². The van der Waals surface area contributed by atoms with Crippen LogP contribution in [0.3, 0.4) is 0 Å². The third kappa shape index (κ3) is 4.49. The Kier molecular flexibility index (Phi) is 10.2. The predicted octanol–water partition coefficient (Wildman–Crippen LogP) is 7.23. The molecule has 0 aliphatic rings. The Morgan fingerprint density at radius 1 is 0.737 bits per heavy atom. The lowest BCUT2D eigenvalue weighted by molar-refractivity contribution is 1.88. The van der Waals surface area contributed by atoms with Gasteiger partial charge in [-0.25, -0.2) is 0 Å². The summed E-state index contributed by atoms with van der Waals surface area (Å²) in [4.78, 5) is 4.09. The summed E-state index contributed by atoms with van der Waals surface area (Å²) in [6, 6.07) is 10.9. The lowest BCUT2D eigenvalue weighted by Gasteiger charge is -1.89. The van der Waals surface area contributed by atoms with Crippen LogP contribution in [0.2, 0.25) is 0 Å². The fraction of sp³-hybridized carbons (Fsp3) is 0.200. The molecule has 0 bridgehead atoms. The highest BCUT2D eigenvalue weighted by Gasteiger charge is 2.05. The van der Waals surface area contributed by atoms with Gasteiger partial charge >= 0.3 is 0 Å². The molecule has 0 unspecified atom stereocenters. The molecule has 3 aromatic heterocycles. The SMILES string of the molecule is C.C.C.S.c1csc(-c2ccc(-c3ccsc3)s2)c1. The molecule has 0 aliphatic heterocycles. The molecule has 3 aromatic rings. The predicted molar refractivity (Wildman–Crippen MR) is 102 cm³/mol. The summed E-state index contributed by atoms with van der Waals surface area (Å²) in [6.07, 6.45) is 0. The summed E-state index contributed by atoms with van der Waals surface area (Å²) in [7, 11) is 0. The number of rotatable bonds is 2. The van der Waals surface area contributed by atoms with Crippen molar-refractivity contribution in [1.29, 1.82) is 0 Å². The average Bonchev–Trinajstić information content (AvgIpc) is 3.02. The van der Waals surface area contributed by atoms with E-state index in [1.165, 1.54) is 20.2 Å². The normalized spacial score (nSPS) is 8.42. The van der Waals surface area contributed by atoms with Crippen LogP contribution in [0.25, 0.3) is 20.2 Å². The first-order chi connectivity index (χ1) is 7.43. The van der Waals surface area contributed by atoms with Crippen LogP contribution < -0.4 is 0 Å². The monoisotopic (exact) mass is 330 g/mol. The maximum atomic E-state index is 2.21. The first-order valence-corrected chi connectivity index (χ1v) is 7.24. The van der Waals surface area contributed by atoms with Crippen molar-refractivity contribution < 1.29 is 0 Å². The summed E-state index contributed by atoms with van der Waals surface area (Å²) in [5, 5.41) is 6.45. The van der Waals surface area contributed by atoms with E-state index in [0.717, 1.165) is 0 Å². The fourth-order valence-corrected chi connectivity index (χ4v) is 4.02. The zero-order valence-corrected chi connectivity index (χ0v) is 11.8. The molecule has 19 heavy (non-hydrogen) atoms. The first-order valence-electron chi connectivity index (χ1n) is 4.60. The van der Waals surface area contributed by atoms with Crippen LogP contribution in [0.4, 0.5) is 0 Å². The molecule has 0 spiro atoms. The third-order valence-electron chi connectivity index (χ3n) is 2.18. The molecular weight excluding hydrogens is 308 g/mol. The molecule has 3 heterocycles. The molecule has 0 amide bonds. The highest BCUT2D eigenvalue weighted by molar-refractivity contribution is 7.59. The molecule has 3 rings (SSSR count). The summed E-state index contributed by atoms with van der Waals surface area (Å²) in [6.45, 7) is 0. The molecular formula is C15H22S4. The Morgan fingerprint density at radius 3 is 2.05 bits per heavy atom. The van der Waals surface area contributed by atoms with E-state index in [0.29, 0.717) is 0 Å². The lowest BCUT2D eigenvalue weighted by atomic mass is 10.3. The van der Waals surface area contributed by atoms with Crippen molar-refractivity contribution in [3.63, 3.8) is 0 Å². The van der Waals surface area contributed by atoms with Crippen molar-refractivity contribution in [2.75, 3.05) is 0 Å². The zero-order chi connectivity index (χ0) is 10.1. The van der Waals surface area contributed by atoms with Gasteiger partial charge in [-0.1, -0.05) is 28.3 Å². The van der Waals surface area contributed by atoms with Crippen molar-refractivity contribution in [2.24, 2.45) is 0 Å². The molecule has 0 aliphatic carbocycles. The minimum absolute atomic E-state index is 0. The van der Waals surface area contributed by atoms with Gasteiger partial charge in [-0.05, 0) is 40.4 Å². The molecule has 0 saturated heterocycles. The second-order valence-corrected chi connectivity index (χ2v) is 5.96. The van der Waals surface area contributed by atoms with Crippen molar-refractivity contribution in [2.45, 2.75) is 22.3 Å². The summed E-state index contributed by atoms with van der Waals surface area (Å²) in [5.41, 5.74) is 1.34. The van der Waals surface area contributed by atoms with Gasteiger partial charge in [-0.3, -0.25) is 0 Å². The highest BCUT2D eigenvalue weighted by Crippen LogP contribution is 2.36. The molecule has 0 saturated carbocycles. The minimum atomic E-state index is 0. The van der Waals surface area contributed by atoms with Gasteiger partial charge in [0.25, 0.3) is 0 Å². The molecule has 0 N–H and O–H groups in total. The van der Waals surface area contributed by atoms with Gasteiger partial charge in [0.2, 0.25) is 0 Å². The van der Waals surface area contributed by atoms with Gasteiger partial charge in [-0.15, -0.1) is 22.7 Å². The second-order valence-electron chi connectivity index (χ2n) is 3.15. The highest BCUT2D eigenvalue weighted by atomic mass is 32.1. The largest absolute Gasteiger partial charge is 0.197 e. The lowest BCUT2D eigenvalue weighted by Crippen LogP contribution is -1.59. The van der Waals surface area contributed by atoms with Gasteiger partial charge in [0.05, 0.1) is 0 Å². The minimum Gasteiger partial charge on any atom is -0.197 e. The van der Waals surface area contributed by atoms with E-state index >= 15 is 0 Å². The molecule has 0 atom stereocenters. The zero-order valence-electron chi connectivity index (χ0n) is 8.34. The van der Waals surface area contributed by atoms with E-state index in [1.54, 1.807) is 22.7 Å². The van der Waals surface area contributed by atoms with E-state index in [-0.39, 0.29) is 35.8 Å². The Morgan fingerprint density at radius 2 is 1.47 bits per heavy atom. The average molecular weight is 331 g/mol. The molecule has 0 nitrogen and oxygen atoms in total. The first kappa shape index (κ1) is 20.8. The molecule has 0 fully saturated rings. The molecule has 0 aromatic carbocycles. The maximum absolute atomic E-state index is 2.21. The van der Waals surface area contributed by atoms with Crippen LogP contribution in [0.5, 0.6) is 0 Å². The Balaban J connectivity index is 0. The van der Waals surface area contributed by atoms with Crippen molar-refractivity contribution in [1.82, 2.24) is 0 Å². The van der Waals surface area contributed by atoms with E-state index in [1.807, 2.05) is 11.3 Å². The van der Waals surface area contributed by atoms with Crippen LogP contribution in [0, 0.1) is 0 Å². The molecule has 106 valence electrons. The molecule has 0 radical (unpaired) electrons. The van der Waals surface area contributed by atoms with Gasteiger partial charge < -0.3 is 0 Å². The Bertz CT molecular complexity index is 484. The number of hydrogen-bond acceptors (Lipinski definition) is 3. The quantitative estimate of drug-likeness (QED) is 0.465. The summed E-state index contributed by atoms with van der Waals surface area (Å²) >= 11 is 5.42. The summed E-state index contributed by atoms with van der Waals surface area (Å²) < 4.78 is 0. The topological polar surface area (TPSA) is 0 Å². The van der Waals surface area contributed by atoms with Crippen molar-refractivity contribution in [3.05, 3.63) is 46.5 Å². The van der Waals surface area contributed by atoms with E-state index in [4.69, 9.17) is 0 Å². The molecule has 4 heteroatoms. The van der Waals surface area contributed by atoms with Gasteiger partial charge in [0.15, 0.2) is 0 Å². The van der Waals surface area contributed by atoms with Crippen molar-refractivity contribution >= 4 is 47.5 Å². The van der Waals surface area contributed by atoms with E-state index in [9.17, 15) is 0 Å². The van der Waals surface area contributed by atoms with Crippen LogP contribution in [-0.4, -0.2) is 0 Å². The number of thiophene rings is 3.